The Hall–Kier alpha value is -1.19. The lowest BCUT2D eigenvalue weighted by Crippen LogP contribution is -2.45. The third-order valence-electron chi connectivity index (χ3n) is 3.75. The van der Waals surface area contributed by atoms with Gasteiger partial charge >= 0.3 is 0 Å². The first-order valence-corrected chi connectivity index (χ1v) is 7.33. The van der Waals surface area contributed by atoms with Crippen LogP contribution in [0.25, 0.3) is 0 Å². The fourth-order valence-electron chi connectivity index (χ4n) is 2.85. The second-order valence-electron chi connectivity index (χ2n) is 5.73. The maximum Gasteiger partial charge on any atom is 0.141 e. The molecule has 3 nitrogen and oxygen atoms in total. The summed E-state index contributed by atoms with van der Waals surface area (Å²) >= 11 is 5.88. The Morgan fingerprint density at radius 1 is 1.30 bits per heavy atom. The average Bonchev–Trinajstić information content (AvgIpc) is 2.37. The van der Waals surface area contributed by atoms with Gasteiger partial charge in [0.15, 0.2) is 0 Å². The highest BCUT2D eigenvalue weighted by atomic mass is 35.5. The molecule has 108 valence electrons. The molecule has 1 heterocycles. The Bertz CT molecular complexity index is 498. The molecule has 0 aliphatic carbocycles. The first kappa shape index (κ1) is 15.2. The van der Waals surface area contributed by atoms with E-state index in [4.69, 9.17) is 11.6 Å². The van der Waals surface area contributed by atoms with Gasteiger partial charge in [-0.15, -0.1) is 0 Å². The molecular formula is C16H20ClNO2. The summed E-state index contributed by atoms with van der Waals surface area (Å²) in [6.45, 7) is 5.73. The van der Waals surface area contributed by atoms with Crippen LogP contribution in [0, 0.1) is 11.8 Å². The maximum atomic E-state index is 12.1. The molecule has 1 aromatic carbocycles. The van der Waals surface area contributed by atoms with Crippen LogP contribution in [0.4, 0.5) is 0 Å². The van der Waals surface area contributed by atoms with E-state index >= 15 is 0 Å². The minimum Gasteiger partial charge on any atom is -0.300 e. The van der Waals surface area contributed by atoms with E-state index in [1.807, 2.05) is 31.2 Å². The van der Waals surface area contributed by atoms with E-state index < -0.39 is 0 Å². The summed E-state index contributed by atoms with van der Waals surface area (Å²) in [6, 6.07) is 7.76. The standard InChI is InChI=1S/C16H20ClNO2/c1-11-8-18(9-13-3-5-15(17)6-4-13)10-14(16(11)20)7-12(2)19/h3-6,11,14H,7-10H2,1-2H3. The number of Topliss-reactive ketones (excluding diaryl/α,β-unsaturated/α-hetero) is 2. The van der Waals surface area contributed by atoms with Crippen molar-refractivity contribution in [1.29, 1.82) is 0 Å². The number of hydrogen-bond acceptors (Lipinski definition) is 3. The first-order valence-electron chi connectivity index (χ1n) is 6.95. The lowest BCUT2D eigenvalue weighted by atomic mass is 9.85. The normalized spacial score (nSPS) is 23.9. The van der Waals surface area contributed by atoms with Gasteiger partial charge in [0, 0.05) is 42.9 Å². The zero-order valence-corrected chi connectivity index (χ0v) is 12.7. The molecule has 1 fully saturated rings. The minimum absolute atomic E-state index is 0.000371. The maximum absolute atomic E-state index is 12.1. The number of carbonyl (C=O) groups is 2. The predicted molar refractivity (Wildman–Crippen MR) is 79.7 cm³/mol. The van der Waals surface area contributed by atoms with E-state index in [0.29, 0.717) is 13.0 Å². The van der Waals surface area contributed by atoms with E-state index in [2.05, 4.69) is 4.90 Å². The Kier molecular flexibility index (Phi) is 4.95. The van der Waals surface area contributed by atoms with Crippen molar-refractivity contribution in [3.8, 4) is 0 Å². The molecule has 2 atom stereocenters. The van der Waals surface area contributed by atoms with Crippen molar-refractivity contribution in [1.82, 2.24) is 4.90 Å². The Morgan fingerprint density at radius 2 is 1.95 bits per heavy atom. The minimum atomic E-state index is -0.149. The van der Waals surface area contributed by atoms with Crippen LogP contribution in [0.2, 0.25) is 5.02 Å². The van der Waals surface area contributed by atoms with Crippen molar-refractivity contribution >= 4 is 23.2 Å². The van der Waals surface area contributed by atoms with Crippen LogP contribution in [-0.4, -0.2) is 29.6 Å². The molecule has 2 rings (SSSR count). The van der Waals surface area contributed by atoms with Crippen molar-refractivity contribution < 1.29 is 9.59 Å². The molecule has 2 unspecified atom stereocenters. The third kappa shape index (κ3) is 3.90. The topological polar surface area (TPSA) is 37.4 Å². The molecule has 1 saturated heterocycles. The smallest absolute Gasteiger partial charge is 0.141 e. The van der Waals surface area contributed by atoms with Gasteiger partial charge in [0.2, 0.25) is 0 Å². The number of hydrogen-bond donors (Lipinski definition) is 0. The van der Waals surface area contributed by atoms with Crippen molar-refractivity contribution in [2.75, 3.05) is 13.1 Å². The van der Waals surface area contributed by atoms with Crippen LogP contribution >= 0.6 is 11.6 Å². The van der Waals surface area contributed by atoms with Crippen LogP contribution in [0.3, 0.4) is 0 Å². The monoisotopic (exact) mass is 293 g/mol. The highest BCUT2D eigenvalue weighted by Crippen LogP contribution is 2.23. The van der Waals surface area contributed by atoms with Crippen molar-refractivity contribution in [3.05, 3.63) is 34.9 Å². The van der Waals surface area contributed by atoms with E-state index in [1.54, 1.807) is 6.92 Å². The van der Waals surface area contributed by atoms with E-state index in [0.717, 1.165) is 18.1 Å². The summed E-state index contributed by atoms with van der Waals surface area (Å²) in [7, 11) is 0. The van der Waals surface area contributed by atoms with Gasteiger partial charge in [0.1, 0.15) is 11.6 Å². The number of ketones is 2. The van der Waals surface area contributed by atoms with Crippen LogP contribution in [0.5, 0.6) is 0 Å². The van der Waals surface area contributed by atoms with Crippen LogP contribution in [-0.2, 0) is 16.1 Å². The fraction of sp³-hybridized carbons (Fsp3) is 0.500. The molecule has 0 N–H and O–H groups in total. The molecule has 0 aromatic heterocycles. The number of halogens is 1. The SMILES string of the molecule is CC(=O)CC1CN(Cc2ccc(Cl)cc2)CC(C)C1=O. The molecule has 0 amide bonds. The number of likely N-dealkylation sites (tertiary alicyclic amines) is 1. The lowest BCUT2D eigenvalue weighted by Gasteiger charge is -2.35. The summed E-state index contributed by atoms with van der Waals surface area (Å²) in [5, 5.41) is 0.727. The zero-order valence-electron chi connectivity index (χ0n) is 11.9. The Balaban J connectivity index is 2.03. The average molecular weight is 294 g/mol. The molecule has 0 radical (unpaired) electrons. The molecule has 0 spiro atoms. The first-order chi connectivity index (χ1) is 9.45. The second kappa shape index (κ2) is 6.51. The van der Waals surface area contributed by atoms with E-state index in [9.17, 15) is 9.59 Å². The molecule has 4 heteroatoms. The quantitative estimate of drug-likeness (QED) is 0.856. The number of rotatable bonds is 4. The number of benzene rings is 1. The summed E-state index contributed by atoms with van der Waals surface area (Å²) in [5.41, 5.74) is 1.18. The second-order valence-corrected chi connectivity index (χ2v) is 6.16. The summed E-state index contributed by atoms with van der Waals surface area (Å²) in [4.78, 5) is 25.6. The third-order valence-corrected chi connectivity index (χ3v) is 4.00. The summed E-state index contributed by atoms with van der Waals surface area (Å²) in [5.74, 6) is 0.167. The van der Waals surface area contributed by atoms with Crippen LogP contribution in [0.15, 0.2) is 24.3 Å². The fourth-order valence-corrected chi connectivity index (χ4v) is 2.97. The lowest BCUT2D eigenvalue weighted by molar-refractivity contribution is -0.134. The van der Waals surface area contributed by atoms with Crippen molar-refractivity contribution in [2.45, 2.75) is 26.8 Å². The van der Waals surface area contributed by atoms with E-state index in [1.165, 1.54) is 5.56 Å². The van der Waals surface area contributed by atoms with Crippen molar-refractivity contribution in [2.24, 2.45) is 11.8 Å². The number of nitrogens with zero attached hydrogens (tertiary/aromatic N) is 1. The largest absolute Gasteiger partial charge is 0.300 e. The van der Waals surface area contributed by atoms with Gasteiger partial charge in [-0.25, -0.2) is 0 Å². The van der Waals surface area contributed by atoms with Crippen LogP contribution in [0.1, 0.15) is 25.8 Å². The zero-order chi connectivity index (χ0) is 14.7. The molecule has 1 aliphatic heterocycles. The predicted octanol–water partition coefficient (Wildman–Crippen LogP) is 2.96. The molecule has 0 saturated carbocycles. The van der Waals surface area contributed by atoms with Gasteiger partial charge in [-0.1, -0.05) is 30.7 Å². The van der Waals surface area contributed by atoms with Crippen LogP contribution < -0.4 is 0 Å². The van der Waals surface area contributed by atoms with Gasteiger partial charge in [0.05, 0.1) is 0 Å². The van der Waals surface area contributed by atoms with Crippen molar-refractivity contribution in [3.63, 3.8) is 0 Å². The number of carbonyl (C=O) groups excluding carboxylic acids is 2. The van der Waals surface area contributed by atoms with Gasteiger partial charge in [0.25, 0.3) is 0 Å². The summed E-state index contributed by atoms with van der Waals surface area (Å²) in [6.07, 6.45) is 0.361. The Morgan fingerprint density at radius 3 is 2.55 bits per heavy atom. The molecule has 1 aromatic rings. The molecular weight excluding hydrogens is 274 g/mol. The van der Waals surface area contributed by atoms with Gasteiger partial charge in [-0.3, -0.25) is 9.69 Å². The molecule has 1 aliphatic rings. The number of piperidine rings is 1. The Labute approximate surface area is 124 Å². The molecule has 0 bridgehead atoms. The van der Waals surface area contributed by atoms with Gasteiger partial charge in [-0.05, 0) is 24.6 Å². The highest BCUT2D eigenvalue weighted by Gasteiger charge is 2.33. The van der Waals surface area contributed by atoms with Gasteiger partial charge in [-0.2, -0.15) is 0 Å². The summed E-state index contributed by atoms with van der Waals surface area (Å²) < 4.78 is 0. The highest BCUT2D eigenvalue weighted by molar-refractivity contribution is 6.30. The molecule has 20 heavy (non-hydrogen) atoms. The van der Waals surface area contributed by atoms with E-state index in [-0.39, 0.29) is 23.4 Å². The van der Waals surface area contributed by atoms with Gasteiger partial charge < -0.3 is 4.79 Å².